The van der Waals surface area contributed by atoms with Crippen LogP contribution in [0.5, 0.6) is 5.75 Å². The number of ether oxygens (including phenoxy) is 1. The van der Waals surface area contributed by atoms with Crippen LogP contribution in [0.15, 0.2) is 24.3 Å². The third-order valence-electron chi connectivity index (χ3n) is 4.56. The lowest BCUT2D eigenvalue weighted by atomic mass is 9.97. The molecule has 7 heteroatoms. The van der Waals surface area contributed by atoms with E-state index >= 15 is 0 Å². The van der Waals surface area contributed by atoms with E-state index in [0.29, 0.717) is 6.42 Å². The maximum absolute atomic E-state index is 12.9. The van der Waals surface area contributed by atoms with E-state index in [1.54, 1.807) is 0 Å². The van der Waals surface area contributed by atoms with Gasteiger partial charge < -0.3 is 14.7 Å². The Morgan fingerprint density at radius 3 is 2.65 bits per heavy atom. The molecule has 0 bridgehead atoms. The second kappa shape index (κ2) is 6.03. The Bertz CT molecular complexity index is 565. The summed E-state index contributed by atoms with van der Waals surface area (Å²) in [6, 6.07) is 7.45. The van der Waals surface area contributed by atoms with Gasteiger partial charge in [-0.05, 0) is 11.6 Å². The normalized spacial score (nSPS) is 27.0. The average Bonchev–Trinajstić information content (AvgIpc) is 3.09. The Hall–Kier alpha value is -1.76. The van der Waals surface area contributed by atoms with Crippen LogP contribution in [-0.4, -0.2) is 47.9 Å². The zero-order chi connectivity index (χ0) is 16.6. The fourth-order valence-electron chi connectivity index (χ4n) is 3.32. The number of rotatable bonds is 3. The van der Waals surface area contributed by atoms with Gasteiger partial charge in [0, 0.05) is 32.0 Å². The molecule has 0 saturated carbocycles. The van der Waals surface area contributed by atoms with Crippen LogP contribution < -0.4 is 4.74 Å². The highest BCUT2D eigenvalue weighted by molar-refractivity contribution is 5.77. The molecule has 1 aromatic carbocycles. The smallest absolute Gasteiger partial charge is 0.393 e. The number of amides is 1. The van der Waals surface area contributed by atoms with Gasteiger partial charge in [-0.1, -0.05) is 18.2 Å². The summed E-state index contributed by atoms with van der Waals surface area (Å²) in [4.78, 5) is 13.5. The molecule has 0 spiro atoms. The Labute approximate surface area is 131 Å². The number of alkyl halides is 3. The van der Waals surface area contributed by atoms with Crippen LogP contribution in [0.25, 0.3) is 0 Å². The van der Waals surface area contributed by atoms with Crippen LogP contribution in [0.1, 0.15) is 12.0 Å². The van der Waals surface area contributed by atoms with E-state index in [9.17, 15) is 18.0 Å². The number of carbonyl (C=O) groups excluding carboxylic acids is 1. The number of likely N-dealkylation sites (tertiary alicyclic amines) is 1. The summed E-state index contributed by atoms with van der Waals surface area (Å²) in [6.45, 7) is -1.01. The number of aliphatic hydroxyl groups excluding tert-OH is 1. The first kappa shape index (κ1) is 16.1. The van der Waals surface area contributed by atoms with Crippen molar-refractivity contribution in [1.82, 2.24) is 4.90 Å². The van der Waals surface area contributed by atoms with Crippen molar-refractivity contribution in [2.45, 2.75) is 25.1 Å². The number of nitrogens with zero attached hydrogens (tertiary/aromatic N) is 1. The summed E-state index contributed by atoms with van der Waals surface area (Å²) < 4.78 is 44.5. The lowest BCUT2D eigenvalue weighted by Crippen LogP contribution is -2.34. The highest BCUT2D eigenvalue weighted by atomic mass is 19.4. The molecule has 2 heterocycles. The molecule has 1 aromatic rings. The Morgan fingerprint density at radius 1 is 1.30 bits per heavy atom. The summed E-state index contributed by atoms with van der Waals surface area (Å²) in [5.74, 6) is -2.22. The molecule has 3 atom stereocenters. The van der Waals surface area contributed by atoms with Gasteiger partial charge in [-0.15, -0.1) is 0 Å². The highest BCUT2D eigenvalue weighted by Gasteiger charge is 2.50. The molecule has 2 aliphatic rings. The SMILES string of the molecule is O=C(CC1Cc2ccccc2O1)N1C[C@@H](CO)[C@H](C(F)(F)F)C1. The number of hydrogen-bond acceptors (Lipinski definition) is 3. The van der Waals surface area contributed by atoms with Crippen molar-refractivity contribution in [2.24, 2.45) is 11.8 Å². The number of fused-ring (bicyclic) bond motifs is 1. The van der Waals surface area contributed by atoms with Crippen molar-refractivity contribution >= 4 is 5.91 Å². The minimum atomic E-state index is -4.40. The van der Waals surface area contributed by atoms with Gasteiger partial charge in [0.1, 0.15) is 11.9 Å². The zero-order valence-corrected chi connectivity index (χ0v) is 12.4. The number of aliphatic hydroxyl groups is 1. The van der Waals surface area contributed by atoms with Crippen LogP contribution in [-0.2, 0) is 11.2 Å². The van der Waals surface area contributed by atoms with Crippen LogP contribution in [0.2, 0.25) is 0 Å². The van der Waals surface area contributed by atoms with E-state index in [2.05, 4.69) is 0 Å². The Kier molecular flexibility index (Phi) is 4.23. The monoisotopic (exact) mass is 329 g/mol. The van der Waals surface area contributed by atoms with Gasteiger partial charge in [-0.25, -0.2) is 0 Å². The molecular formula is C16H18F3NO3. The molecule has 1 fully saturated rings. The van der Waals surface area contributed by atoms with Gasteiger partial charge in [-0.3, -0.25) is 4.79 Å². The fourth-order valence-corrected chi connectivity index (χ4v) is 3.32. The van der Waals surface area contributed by atoms with Crippen molar-refractivity contribution in [1.29, 1.82) is 0 Å². The second-order valence-corrected chi connectivity index (χ2v) is 6.15. The molecule has 3 rings (SSSR count). The molecule has 1 saturated heterocycles. The molecule has 23 heavy (non-hydrogen) atoms. The lowest BCUT2D eigenvalue weighted by Gasteiger charge is -2.20. The van der Waals surface area contributed by atoms with Crippen LogP contribution in [0.4, 0.5) is 13.2 Å². The van der Waals surface area contributed by atoms with Gasteiger partial charge in [0.15, 0.2) is 0 Å². The number of hydrogen-bond donors (Lipinski definition) is 1. The van der Waals surface area contributed by atoms with Crippen molar-refractivity contribution in [3.05, 3.63) is 29.8 Å². The fraction of sp³-hybridized carbons (Fsp3) is 0.562. The van der Waals surface area contributed by atoms with Gasteiger partial charge in [-0.2, -0.15) is 13.2 Å². The van der Waals surface area contributed by atoms with Crippen LogP contribution in [0.3, 0.4) is 0 Å². The van der Waals surface area contributed by atoms with Crippen LogP contribution >= 0.6 is 0 Å². The van der Waals surface area contributed by atoms with E-state index in [1.165, 1.54) is 4.90 Å². The lowest BCUT2D eigenvalue weighted by molar-refractivity contribution is -0.183. The summed E-state index contributed by atoms with van der Waals surface area (Å²) in [7, 11) is 0. The van der Waals surface area contributed by atoms with Gasteiger partial charge in [0.2, 0.25) is 5.91 Å². The Morgan fingerprint density at radius 2 is 2.04 bits per heavy atom. The predicted molar refractivity (Wildman–Crippen MR) is 75.9 cm³/mol. The van der Waals surface area contributed by atoms with Gasteiger partial charge in [0.25, 0.3) is 0 Å². The van der Waals surface area contributed by atoms with Gasteiger partial charge >= 0.3 is 6.18 Å². The van der Waals surface area contributed by atoms with E-state index in [4.69, 9.17) is 9.84 Å². The molecular weight excluding hydrogens is 311 g/mol. The summed E-state index contributed by atoms with van der Waals surface area (Å²) in [5, 5.41) is 9.14. The summed E-state index contributed by atoms with van der Waals surface area (Å²) in [5.41, 5.74) is 1.01. The molecule has 1 amide bonds. The molecule has 0 aromatic heterocycles. The van der Waals surface area contributed by atoms with Gasteiger partial charge in [0.05, 0.1) is 12.3 Å². The minimum Gasteiger partial charge on any atom is -0.489 e. The third kappa shape index (κ3) is 3.29. The molecule has 0 aliphatic carbocycles. The molecule has 0 radical (unpaired) electrons. The summed E-state index contributed by atoms with van der Waals surface area (Å²) in [6.07, 6.45) is -4.10. The van der Waals surface area contributed by atoms with E-state index in [0.717, 1.165) is 11.3 Å². The Balaban J connectivity index is 1.60. The minimum absolute atomic E-state index is 0.0530. The second-order valence-electron chi connectivity index (χ2n) is 6.15. The highest BCUT2D eigenvalue weighted by Crippen LogP contribution is 2.38. The standard InChI is InChI=1S/C16H18F3NO3/c17-16(18,19)13-8-20(7-11(13)9-21)15(22)6-12-5-10-3-1-2-4-14(10)23-12/h1-4,11-13,21H,5-9H2/t11-,12?,13+/m0/s1. The first-order valence-corrected chi connectivity index (χ1v) is 7.58. The molecule has 2 aliphatic heterocycles. The topological polar surface area (TPSA) is 49.8 Å². The van der Waals surface area contributed by atoms with Crippen LogP contribution in [0, 0.1) is 11.8 Å². The molecule has 1 N–H and O–H groups in total. The van der Waals surface area contributed by atoms with Crippen molar-refractivity contribution < 1.29 is 27.8 Å². The quantitative estimate of drug-likeness (QED) is 0.923. The maximum atomic E-state index is 12.9. The number of halogens is 3. The maximum Gasteiger partial charge on any atom is 0.393 e. The molecule has 4 nitrogen and oxygen atoms in total. The first-order valence-electron chi connectivity index (χ1n) is 7.58. The summed E-state index contributed by atoms with van der Waals surface area (Å²) >= 11 is 0. The third-order valence-corrected chi connectivity index (χ3v) is 4.56. The number of para-hydroxylation sites is 1. The van der Waals surface area contributed by atoms with Crippen molar-refractivity contribution in [3.8, 4) is 5.75 Å². The molecule has 126 valence electrons. The van der Waals surface area contributed by atoms with E-state index in [1.807, 2.05) is 24.3 Å². The largest absolute Gasteiger partial charge is 0.489 e. The average molecular weight is 329 g/mol. The number of carbonyl (C=O) groups is 1. The molecule has 1 unspecified atom stereocenters. The van der Waals surface area contributed by atoms with Crippen molar-refractivity contribution in [3.63, 3.8) is 0 Å². The number of benzene rings is 1. The first-order chi connectivity index (χ1) is 10.9. The van der Waals surface area contributed by atoms with E-state index < -0.39 is 24.6 Å². The van der Waals surface area contributed by atoms with E-state index in [-0.39, 0.29) is 31.5 Å². The zero-order valence-electron chi connectivity index (χ0n) is 12.4. The predicted octanol–water partition coefficient (Wildman–Crippen LogP) is 2.01. The van der Waals surface area contributed by atoms with Crippen molar-refractivity contribution in [2.75, 3.05) is 19.7 Å².